The van der Waals surface area contributed by atoms with Gasteiger partial charge in [0, 0.05) is 42.9 Å². The van der Waals surface area contributed by atoms with E-state index in [1.165, 1.54) is 24.8 Å². The van der Waals surface area contributed by atoms with Gasteiger partial charge in [-0.3, -0.25) is 18.9 Å². The topological polar surface area (TPSA) is 214 Å². The van der Waals surface area contributed by atoms with Crippen LogP contribution in [0.25, 0.3) is 0 Å². The summed E-state index contributed by atoms with van der Waals surface area (Å²) in [6.07, 6.45) is 1.02. The molecule has 3 aliphatic rings. The summed E-state index contributed by atoms with van der Waals surface area (Å²) in [5, 5.41) is 6.49. The number of carbonyl (C=O) groups is 3. The quantitative estimate of drug-likeness (QED) is 0.173. The van der Waals surface area contributed by atoms with Crippen molar-refractivity contribution in [1.82, 2.24) is 14.8 Å². The fourth-order valence-electron chi connectivity index (χ4n) is 5.91. The van der Waals surface area contributed by atoms with E-state index in [0.29, 0.717) is 24.8 Å². The van der Waals surface area contributed by atoms with Gasteiger partial charge in [0.05, 0.1) is 32.8 Å². The van der Waals surface area contributed by atoms with Crippen LogP contribution in [-0.2, 0) is 34.7 Å². The van der Waals surface area contributed by atoms with E-state index in [9.17, 15) is 32.5 Å². The van der Waals surface area contributed by atoms with Crippen LogP contribution >= 0.6 is 7.82 Å². The van der Waals surface area contributed by atoms with Crippen molar-refractivity contribution < 1.29 is 65.8 Å². The minimum atomic E-state index is -4.74. The molecule has 0 saturated carbocycles. The lowest BCUT2D eigenvalue weighted by atomic mass is 9.85. The Labute approximate surface area is 283 Å². The Kier molecular flexibility index (Phi) is 10.8. The number of amides is 2. The number of nitrogens with one attached hydrogen (secondary N) is 1. The summed E-state index contributed by atoms with van der Waals surface area (Å²) in [5.74, 6) is -4.29. The summed E-state index contributed by atoms with van der Waals surface area (Å²) < 4.78 is 65.1. The molecule has 1 aromatic heterocycles. The van der Waals surface area contributed by atoms with E-state index in [-0.39, 0.29) is 36.9 Å². The number of fused-ring (bicyclic) bond motifs is 5. The number of hydrogen-bond acceptors (Lipinski definition) is 12. The molecule has 272 valence electrons. The first-order chi connectivity index (χ1) is 23.6. The SMILES string of the molecule is COC1=NO[C@@]2(CC[C@H](C)N3C[C@H]2n2cc(C(=O)NCc4ccc(F)cc4F)c(=O)c(OCOC(=O)OC[C@H](C)COP(=O)(O)O)c2C3=O)C1. The molecule has 1 fully saturated rings. The maximum atomic E-state index is 14.3. The molecule has 1 spiro atoms. The fraction of sp³-hybridized carbons (Fsp3) is 0.500. The molecule has 3 N–H and O–H groups in total. The molecule has 50 heavy (non-hydrogen) atoms. The van der Waals surface area contributed by atoms with Crippen molar-refractivity contribution in [3.05, 3.63) is 63.1 Å². The number of methoxy groups -OCH3 is 1. The number of oxime groups is 1. The summed E-state index contributed by atoms with van der Waals surface area (Å²) in [4.78, 5) is 78.7. The first-order valence-corrected chi connectivity index (χ1v) is 16.9. The van der Waals surface area contributed by atoms with E-state index in [1.54, 1.807) is 4.90 Å². The zero-order chi connectivity index (χ0) is 36.4. The van der Waals surface area contributed by atoms with Crippen LogP contribution in [0, 0.1) is 17.6 Å². The monoisotopic (exact) mass is 728 g/mol. The maximum absolute atomic E-state index is 14.3. The van der Waals surface area contributed by atoms with Crippen LogP contribution in [0.4, 0.5) is 13.6 Å². The van der Waals surface area contributed by atoms with Gasteiger partial charge in [0.15, 0.2) is 11.3 Å². The van der Waals surface area contributed by atoms with Gasteiger partial charge in [-0.15, -0.1) is 0 Å². The molecule has 17 nitrogen and oxygen atoms in total. The summed E-state index contributed by atoms with van der Waals surface area (Å²) in [6.45, 7) is 1.26. The number of halogens is 2. The second-order valence-electron chi connectivity index (χ2n) is 12.1. The Morgan fingerprint density at radius 2 is 1.98 bits per heavy atom. The smallest absolute Gasteiger partial charge is 0.482 e. The molecule has 3 aliphatic heterocycles. The fourth-order valence-corrected chi connectivity index (χ4v) is 6.36. The predicted molar refractivity (Wildman–Crippen MR) is 165 cm³/mol. The number of phosphoric acid groups is 1. The van der Waals surface area contributed by atoms with Gasteiger partial charge in [-0.2, -0.15) is 0 Å². The molecule has 4 atom stereocenters. The lowest BCUT2D eigenvalue weighted by Gasteiger charge is -2.42. The number of nitrogens with zero attached hydrogens (tertiary/aromatic N) is 3. The van der Waals surface area contributed by atoms with Gasteiger partial charge in [-0.1, -0.05) is 18.1 Å². The zero-order valence-corrected chi connectivity index (χ0v) is 28.0. The van der Waals surface area contributed by atoms with E-state index in [4.69, 9.17) is 33.6 Å². The molecule has 0 aliphatic carbocycles. The summed E-state index contributed by atoms with van der Waals surface area (Å²) in [5.41, 5.74) is -2.93. The Morgan fingerprint density at radius 1 is 1.22 bits per heavy atom. The molecule has 2 amide bonds. The highest BCUT2D eigenvalue weighted by atomic mass is 31.2. The van der Waals surface area contributed by atoms with Crippen LogP contribution in [0.3, 0.4) is 0 Å². The summed E-state index contributed by atoms with van der Waals surface area (Å²) >= 11 is 0. The predicted octanol–water partition coefficient (Wildman–Crippen LogP) is 2.59. The van der Waals surface area contributed by atoms with Crippen molar-refractivity contribution >= 4 is 31.7 Å². The average Bonchev–Trinajstić information content (AvgIpc) is 3.44. The highest BCUT2D eigenvalue weighted by molar-refractivity contribution is 7.46. The summed E-state index contributed by atoms with van der Waals surface area (Å²) in [7, 11) is -3.30. The van der Waals surface area contributed by atoms with Crippen LogP contribution < -0.4 is 15.5 Å². The highest BCUT2D eigenvalue weighted by Crippen LogP contribution is 2.46. The molecule has 1 saturated heterocycles. The van der Waals surface area contributed by atoms with Gasteiger partial charge < -0.3 is 48.4 Å². The zero-order valence-electron chi connectivity index (χ0n) is 27.1. The number of ether oxygens (including phenoxy) is 4. The number of rotatable bonds is 11. The molecule has 0 unspecified atom stereocenters. The molecule has 4 heterocycles. The van der Waals surface area contributed by atoms with Crippen molar-refractivity contribution in [2.24, 2.45) is 11.1 Å². The van der Waals surface area contributed by atoms with Crippen LogP contribution in [0.2, 0.25) is 0 Å². The van der Waals surface area contributed by atoms with Crippen molar-refractivity contribution in [2.45, 2.75) is 57.3 Å². The number of phosphoric ester groups is 1. The van der Waals surface area contributed by atoms with Crippen molar-refractivity contribution in [3.63, 3.8) is 0 Å². The largest absolute Gasteiger partial charge is 0.511 e. The van der Waals surface area contributed by atoms with Crippen LogP contribution in [-0.4, -0.2) is 88.4 Å². The molecular formula is C30H35F2N4O13P. The lowest BCUT2D eigenvalue weighted by molar-refractivity contribution is -0.0658. The molecule has 0 radical (unpaired) electrons. The third-order valence-corrected chi connectivity index (χ3v) is 9.08. The van der Waals surface area contributed by atoms with E-state index >= 15 is 0 Å². The number of hydrogen-bond donors (Lipinski definition) is 3. The first kappa shape index (κ1) is 36.7. The van der Waals surface area contributed by atoms with Gasteiger partial charge in [0.25, 0.3) is 11.8 Å². The van der Waals surface area contributed by atoms with E-state index < -0.39 is 91.7 Å². The first-order valence-electron chi connectivity index (χ1n) is 15.4. The highest BCUT2D eigenvalue weighted by Gasteiger charge is 2.55. The number of pyridine rings is 1. The molecule has 2 bridgehead atoms. The molecule has 20 heteroatoms. The van der Waals surface area contributed by atoms with Gasteiger partial charge >= 0.3 is 14.0 Å². The maximum Gasteiger partial charge on any atom is 0.511 e. The van der Waals surface area contributed by atoms with Crippen molar-refractivity contribution in [1.29, 1.82) is 0 Å². The molecular weight excluding hydrogens is 693 g/mol. The average molecular weight is 729 g/mol. The van der Waals surface area contributed by atoms with Gasteiger partial charge in [-0.05, 0) is 25.8 Å². The Hall–Kier alpha value is -4.58. The Morgan fingerprint density at radius 3 is 2.66 bits per heavy atom. The standard InChI is InChI=1S/C30H35F2N4O13P/c1-16(14-48-50(41,42)43)13-45-29(40)47-15-46-26-24-28(39)35-12-22(30(7-6-17(35)2)9-23(44-3)34-49-30)36(24)11-20(25(26)37)27(38)33-10-18-4-5-19(31)8-21(18)32/h4-5,8,11,16-17,22H,6-7,9-10,12-15H2,1-3H3,(H,33,38)(H2,41,42,43)/t16-,17-,22+,30-/m0/s1. The lowest BCUT2D eigenvalue weighted by Crippen LogP contribution is -2.52. The van der Waals surface area contributed by atoms with Crippen LogP contribution in [0.1, 0.15) is 65.6 Å². The normalized spacial score (nSPS) is 21.8. The molecule has 2 aromatic rings. The van der Waals surface area contributed by atoms with Gasteiger partial charge in [0.2, 0.25) is 23.9 Å². The Balaban J connectivity index is 1.45. The van der Waals surface area contributed by atoms with Gasteiger partial charge in [0.1, 0.15) is 17.2 Å². The second kappa shape index (κ2) is 14.7. The van der Waals surface area contributed by atoms with Gasteiger partial charge in [-0.25, -0.2) is 18.1 Å². The second-order valence-corrected chi connectivity index (χ2v) is 13.4. The van der Waals surface area contributed by atoms with Crippen LogP contribution in [0.15, 0.2) is 34.3 Å². The van der Waals surface area contributed by atoms with E-state index in [2.05, 4.69) is 15.0 Å². The minimum Gasteiger partial charge on any atom is -0.482 e. The summed E-state index contributed by atoms with van der Waals surface area (Å²) in [6, 6.07) is 1.75. The van der Waals surface area contributed by atoms with Crippen LogP contribution in [0.5, 0.6) is 5.75 Å². The third-order valence-electron chi connectivity index (χ3n) is 8.59. The number of benzene rings is 1. The van der Waals surface area contributed by atoms with Crippen molar-refractivity contribution in [3.8, 4) is 5.75 Å². The minimum absolute atomic E-state index is 0.0602. The molecule has 5 rings (SSSR count). The number of carbonyl (C=O) groups excluding carboxylic acids is 3. The van der Waals surface area contributed by atoms with E-state index in [1.807, 2.05) is 6.92 Å². The van der Waals surface area contributed by atoms with E-state index in [0.717, 1.165) is 12.1 Å². The van der Waals surface area contributed by atoms with Crippen molar-refractivity contribution in [2.75, 3.05) is 33.7 Å². The number of aromatic nitrogens is 1. The Bertz CT molecular complexity index is 1800. The molecule has 1 aromatic carbocycles. The third kappa shape index (κ3) is 7.90.